The summed E-state index contributed by atoms with van der Waals surface area (Å²) in [5.74, 6) is 1.53. The Morgan fingerprint density at radius 2 is 2.00 bits per heavy atom. The van der Waals surface area contributed by atoms with Crippen LogP contribution in [-0.2, 0) is 6.54 Å². The summed E-state index contributed by atoms with van der Waals surface area (Å²) >= 11 is 0. The van der Waals surface area contributed by atoms with Crippen LogP contribution in [0.5, 0.6) is 0 Å². The van der Waals surface area contributed by atoms with Gasteiger partial charge in [-0.2, -0.15) is 5.10 Å². The van der Waals surface area contributed by atoms with E-state index < -0.39 is 0 Å². The van der Waals surface area contributed by atoms with E-state index in [4.69, 9.17) is 0 Å². The zero-order valence-corrected chi connectivity index (χ0v) is 11.2. The van der Waals surface area contributed by atoms with Crippen LogP contribution in [0.2, 0.25) is 0 Å². The number of nitrogens with one attached hydrogen (secondary N) is 1. The Balaban J connectivity index is 1.72. The molecule has 100 valence electrons. The molecule has 0 amide bonds. The third-order valence-electron chi connectivity index (χ3n) is 2.99. The van der Waals surface area contributed by atoms with Crippen LogP contribution in [0.4, 0.5) is 5.82 Å². The highest BCUT2D eigenvalue weighted by Gasteiger charge is 2.01. The summed E-state index contributed by atoms with van der Waals surface area (Å²) in [5, 5.41) is 7.44. The van der Waals surface area contributed by atoms with Crippen molar-refractivity contribution in [3.05, 3.63) is 66.2 Å². The predicted octanol–water partition coefficient (Wildman–Crippen LogP) is 2.58. The van der Waals surface area contributed by atoms with E-state index in [-0.39, 0.29) is 0 Å². The second-order valence-electron chi connectivity index (χ2n) is 4.55. The van der Waals surface area contributed by atoms with Crippen molar-refractivity contribution in [2.24, 2.45) is 0 Å². The number of aromatic nitrogens is 4. The molecular formula is C15H15N5. The van der Waals surface area contributed by atoms with Gasteiger partial charge < -0.3 is 5.32 Å². The molecule has 1 N–H and O–H groups in total. The van der Waals surface area contributed by atoms with Gasteiger partial charge in [-0.25, -0.2) is 14.6 Å². The molecule has 5 heteroatoms. The Morgan fingerprint density at radius 1 is 1.15 bits per heavy atom. The van der Waals surface area contributed by atoms with E-state index in [1.54, 1.807) is 10.9 Å². The molecule has 2 heterocycles. The highest BCUT2D eigenvalue weighted by molar-refractivity contribution is 5.40. The number of benzene rings is 1. The van der Waals surface area contributed by atoms with Crippen molar-refractivity contribution in [3.63, 3.8) is 0 Å². The zero-order chi connectivity index (χ0) is 13.8. The summed E-state index contributed by atoms with van der Waals surface area (Å²) in [6, 6.07) is 12.2. The van der Waals surface area contributed by atoms with E-state index >= 15 is 0 Å². The van der Waals surface area contributed by atoms with Crippen LogP contribution in [-0.4, -0.2) is 19.7 Å². The molecule has 0 aliphatic heterocycles. The van der Waals surface area contributed by atoms with Crippen LogP contribution < -0.4 is 5.32 Å². The topological polar surface area (TPSA) is 55.6 Å². The van der Waals surface area contributed by atoms with Crippen molar-refractivity contribution in [1.29, 1.82) is 0 Å². The summed E-state index contributed by atoms with van der Waals surface area (Å²) in [7, 11) is 0. The standard InChI is InChI=1S/C15H15N5/c1-12-3-5-13(6-4-12)10-16-14-9-15(18-11-17-14)20-8-2-7-19-20/h2-9,11H,10H2,1H3,(H,16,17,18). The number of nitrogens with zero attached hydrogens (tertiary/aromatic N) is 4. The fourth-order valence-corrected chi connectivity index (χ4v) is 1.87. The second-order valence-corrected chi connectivity index (χ2v) is 4.55. The van der Waals surface area contributed by atoms with Crippen molar-refractivity contribution in [3.8, 4) is 5.82 Å². The average Bonchev–Trinajstić information content (AvgIpc) is 3.01. The molecule has 3 rings (SSSR count). The Bertz CT molecular complexity index is 674. The maximum absolute atomic E-state index is 4.22. The average molecular weight is 265 g/mol. The van der Waals surface area contributed by atoms with E-state index in [1.807, 2.05) is 18.3 Å². The molecule has 0 fully saturated rings. The van der Waals surface area contributed by atoms with E-state index in [0.29, 0.717) is 0 Å². The van der Waals surface area contributed by atoms with Gasteiger partial charge in [-0.05, 0) is 18.6 Å². The van der Waals surface area contributed by atoms with Gasteiger partial charge in [0.05, 0.1) is 0 Å². The monoisotopic (exact) mass is 265 g/mol. The van der Waals surface area contributed by atoms with Crippen LogP contribution >= 0.6 is 0 Å². The fourth-order valence-electron chi connectivity index (χ4n) is 1.87. The molecule has 0 saturated carbocycles. The molecule has 3 aromatic rings. The van der Waals surface area contributed by atoms with E-state index in [0.717, 1.165) is 18.2 Å². The van der Waals surface area contributed by atoms with Crippen molar-refractivity contribution in [2.75, 3.05) is 5.32 Å². The summed E-state index contributed by atoms with van der Waals surface area (Å²) in [5.41, 5.74) is 2.48. The van der Waals surface area contributed by atoms with Gasteiger partial charge >= 0.3 is 0 Å². The van der Waals surface area contributed by atoms with Crippen LogP contribution in [0.15, 0.2) is 55.1 Å². The van der Waals surface area contributed by atoms with E-state index in [2.05, 4.69) is 51.6 Å². The minimum Gasteiger partial charge on any atom is -0.366 e. The molecule has 0 atom stereocenters. The quantitative estimate of drug-likeness (QED) is 0.787. The highest BCUT2D eigenvalue weighted by atomic mass is 15.3. The fraction of sp³-hybridized carbons (Fsp3) is 0.133. The molecule has 0 unspecified atom stereocenters. The lowest BCUT2D eigenvalue weighted by molar-refractivity contribution is 0.839. The molecule has 1 aromatic carbocycles. The lowest BCUT2D eigenvalue weighted by Crippen LogP contribution is -2.04. The molecule has 0 spiro atoms. The maximum atomic E-state index is 4.22. The highest BCUT2D eigenvalue weighted by Crippen LogP contribution is 2.10. The zero-order valence-electron chi connectivity index (χ0n) is 11.2. The van der Waals surface area contributed by atoms with Gasteiger partial charge in [0.2, 0.25) is 0 Å². The Hall–Kier alpha value is -2.69. The Kier molecular flexibility index (Phi) is 3.41. The lowest BCUT2D eigenvalue weighted by Gasteiger charge is -2.07. The van der Waals surface area contributed by atoms with Crippen LogP contribution in [0.3, 0.4) is 0 Å². The molecule has 0 radical (unpaired) electrons. The van der Waals surface area contributed by atoms with Crippen LogP contribution in [0.1, 0.15) is 11.1 Å². The second kappa shape index (κ2) is 5.52. The summed E-state index contributed by atoms with van der Waals surface area (Å²) in [6.45, 7) is 2.81. The molecule has 5 nitrogen and oxygen atoms in total. The van der Waals surface area contributed by atoms with Crippen molar-refractivity contribution in [1.82, 2.24) is 19.7 Å². The molecule has 0 bridgehead atoms. The maximum Gasteiger partial charge on any atom is 0.158 e. The number of rotatable bonds is 4. The first-order valence-corrected chi connectivity index (χ1v) is 6.43. The third-order valence-corrected chi connectivity index (χ3v) is 2.99. The molecule has 2 aromatic heterocycles. The first-order chi connectivity index (χ1) is 9.81. The largest absolute Gasteiger partial charge is 0.366 e. The smallest absolute Gasteiger partial charge is 0.158 e. The number of hydrogen-bond donors (Lipinski definition) is 1. The van der Waals surface area contributed by atoms with Crippen molar-refractivity contribution in [2.45, 2.75) is 13.5 Å². The van der Waals surface area contributed by atoms with Crippen molar-refractivity contribution < 1.29 is 0 Å². The van der Waals surface area contributed by atoms with Crippen LogP contribution in [0, 0.1) is 6.92 Å². The summed E-state index contributed by atoms with van der Waals surface area (Å²) in [6.07, 6.45) is 5.11. The van der Waals surface area contributed by atoms with Crippen molar-refractivity contribution >= 4 is 5.82 Å². The van der Waals surface area contributed by atoms with Gasteiger partial charge in [-0.3, -0.25) is 0 Å². The first-order valence-electron chi connectivity index (χ1n) is 6.43. The number of anilines is 1. The summed E-state index contributed by atoms with van der Waals surface area (Å²) < 4.78 is 1.71. The first kappa shape index (κ1) is 12.3. The molecule has 0 aliphatic rings. The normalized spacial score (nSPS) is 10.4. The predicted molar refractivity (Wildman–Crippen MR) is 77.7 cm³/mol. The molecule has 0 aliphatic carbocycles. The molecule has 20 heavy (non-hydrogen) atoms. The van der Waals surface area contributed by atoms with Gasteiger partial charge in [-0.15, -0.1) is 0 Å². The van der Waals surface area contributed by atoms with Crippen LogP contribution in [0.25, 0.3) is 5.82 Å². The number of hydrogen-bond acceptors (Lipinski definition) is 4. The minimum absolute atomic E-state index is 0.732. The van der Waals surface area contributed by atoms with Gasteiger partial charge in [0.15, 0.2) is 5.82 Å². The minimum atomic E-state index is 0.732. The lowest BCUT2D eigenvalue weighted by atomic mass is 10.1. The van der Waals surface area contributed by atoms with E-state index in [9.17, 15) is 0 Å². The summed E-state index contributed by atoms with van der Waals surface area (Å²) in [4.78, 5) is 8.42. The van der Waals surface area contributed by atoms with Gasteiger partial charge in [0.1, 0.15) is 12.1 Å². The third kappa shape index (κ3) is 2.83. The van der Waals surface area contributed by atoms with Gasteiger partial charge in [0, 0.05) is 25.0 Å². The SMILES string of the molecule is Cc1ccc(CNc2cc(-n3cccn3)ncn2)cc1. The van der Waals surface area contributed by atoms with Gasteiger partial charge in [-0.1, -0.05) is 29.8 Å². The van der Waals surface area contributed by atoms with Gasteiger partial charge in [0.25, 0.3) is 0 Å². The Morgan fingerprint density at radius 3 is 2.75 bits per heavy atom. The van der Waals surface area contributed by atoms with E-state index in [1.165, 1.54) is 17.5 Å². The molecular weight excluding hydrogens is 250 g/mol. The number of aryl methyl sites for hydroxylation is 1. The molecule has 0 saturated heterocycles. The Labute approximate surface area is 117 Å².